The van der Waals surface area contributed by atoms with Crippen molar-refractivity contribution in [2.75, 3.05) is 6.61 Å². The van der Waals surface area contributed by atoms with Gasteiger partial charge in [0.25, 0.3) is 0 Å². The molecule has 0 atom stereocenters. The van der Waals surface area contributed by atoms with Gasteiger partial charge in [0, 0.05) is 0 Å². The lowest BCUT2D eigenvalue weighted by Gasteiger charge is -2.11. The van der Waals surface area contributed by atoms with Gasteiger partial charge in [0.1, 0.15) is 0 Å². The van der Waals surface area contributed by atoms with Gasteiger partial charge >= 0.3 is 5.97 Å². The zero-order valence-electron chi connectivity index (χ0n) is 10.6. The van der Waals surface area contributed by atoms with Gasteiger partial charge < -0.3 is 4.74 Å². The molecular weight excluding hydrogens is 224 g/mol. The summed E-state index contributed by atoms with van der Waals surface area (Å²) in [6.45, 7) is 4.14. The topological polar surface area (TPSA) is 26.3 Å². The normalized spacial score (nSPS) is 10.1. The SMILES string of the molecule is CCOC(=O)c1c(C)cccc1-c1ccccc1. The Labute approximate surface area is 107 Å². The number of aryl methyl sites for hydroxylation is 1. The van der Waals surface area contributed by atoms with Crippen LogP contribution >= 0.6 is 0 Å². The van der Waals surface area contributed by atoms with Gasteiger partial charge in [-0.2, -0.15) is 0 Å². The van der Waals surface area contributed by atoms with Crippen molar-refractivity contribution in [2.45, 2.75) is 13.8 Å². The highest BCUT2D eigenvalue weighted by Gasteiger charge is 2.15. The molecule has 0 radical (unpaired) electrons. The minimum absolute atomic E-state index is 0.255. The van der Waals surface area contributed by atoms with Gasteiger partial charge in [-0.1, -0.05) is 48.5 Å². The summed E-state index contributed by atoms with van der Waals surface area (Å²) in [4.78, 5) is 12.0. The third kappa shape index (κ3) is 2.43. The Morgan fingerprint density at radius 3 is 2.44 bits per heavy atom. The number of rotatable bonds is 3. The molecule has 92 valence electrons. The molecule has 0 fully saturated rings. The Morgan fingerprint density at radius 2 is 1.78 bits per heavy atom. The van der Waals surface area contributed by atoms with Crippen molar-refractivity contribution in [3.63, 3.8) is 0 Å². The zero-order chi connectivity index (χ0) is 13.0. The summed E-state index contributed by atoms with van der Waals surface area (Å²) in [5.74, 6) is -0.255. The lowest BCUT2D eigenvalue weighted by molar-refractivity contribution is 0.0526. The van der Waals surface area contributed by atoms with Crippen molar-refractivity contribution in [3.05, 3.63) is 59.7 Å². The number of esters is 1. The van der Waals surface area contributed by atoms with Crippen LogP contribution < -0.4 is 0 Å². The van der Waals surface area contributed by atoms with Crippen LogP contribution in [0.2, 0.25) is 0 Å². The van der Waals surface area contributed by atoms with Crippen LogP contribution in [0.3, 0.4) is 0 Å². The van der Waals surface area contributed by atoms with Crippen LogP contribution in [0.1, 0.15) is 22.8 Å². The van der Waals surface area contributed by atoms with Gasteiger partial charge in [-0.25, -0.2) is 4.79 Å². The summed E-state index contributed by atoms with van der Waals surface area (Å²) >= 11 is 0. The van der Waals surface area contributed by atoms with E-state index in [1.807, 2.05) is 62.4 Å². The van der Waals surface area contributed by atoms with E-state index in [4.69, 9.17) is 4.74 Å². The van der Waals surface area contributed by atoms with E-state index in [1.165, 1.54) is 0 Å². The molecule has 0 aromatic heterocycles. The summed E-state index contributed by atoms with van der Waals surface area (Å²) in [7, 11) is 0. The first-order valence-electron chi connectivity index (χ1n) is 6.06. The molecule has 0 spiro atoms. The number of hydrogen-bond acceptors (Lipinski definition) is 2. The molecule has 2 aromatic rings. The van der Waals surface area contributed by atoms with Gasteiger partial charge in [0.2, 0.25) is 0 Å². The molecule has 0 saturated carbocycles. The van der Waals surface area contributed by atoms with Crippen molar-refractivity contribution >= 4 is 5.97 Å². The molecule has 0 bridgehead atoms. The van der Waals surface area contributed by atoms with E-state index in [0.29, 0.717) is 12.2 Å². The first kappa shape index (κ1) is 12.4. The maximum absolute atomic E-state index is 12.0. The van der Waals surface area contributed by atoms with E-state index in [-0.39, 0.29) is 5.97 Å². The van der Waals surface area contributed by atoms with Crippen LogP contribution in [-0.4, -0.2) is 12.6 Å². The number of ether oxygens (including phenoxy) is 1. The third-order valence-corrected chi connectivity index (χ3v) is 2.84. The molecular formula is C16H16O2. The summed E-state index contributed by atoms with van der Waals surface area (Å²) in [6, 6.07) is 15.7. The second-order valence-corrected chi connectivity index (χ2v) is 4.08. The minimum atomic E-state index is -0.255. The first-order chi connectivity index (χ1) is 8.74. The molecule has 0 N–H and O–H groups in total. The monoisotopic (exact) mass is 240 g/mol. The predicted octanol–water partition coefficient (Wildman–Crippen LogP) is 3.84. The van der Waals surface area contributed by atoms with Crippen molar-refractivity contribution in [2.24, 2.45) is 0 Å². The third-order valence-electron chi connectivity index (χ3n) is 2.84. The van der Waals surface area contributed by atoms with E-state index in [9.17, 15) is 4.79 Å². The number of carbonyl (C=O) groups excluding carboxylic acids is 1. The average molecular weight is 240 g/mol. The van der Waals surface area contributed by atoms with Gasteiger partial charge in [0.15, 0.2) is 0 Å². The zero-order valence-corrected chi connectivity index (χ0v) is 10.6. The molecule has 0 aliphatic carbocycles. The van der Waals surface area contributed by atoms with E-state index in [0.717, 1.165) is 16.7 Å². The Hall–Kier alpha value is -2.09. The lowest BCUT2D eigenvalue weighted by atomic mass is 9.96. The second kappa shape index (κ2) is 5.50. The fraction of sp³-hybridized carbons (Fsp3) is 0.188. The standard InChI is InChI=1S/C16H16O2/c1-3-18-16(17)15-12(2)8-7-11-14(15)13-9-5-4-6-10-13/h4-11H,3H2,1-2H3. The Kier molecular flexibility index (Phi) is 3.78. The van der Waals surface area contributed by atoms with Crippen LogP contribution in [0, 0.1) is 6.92 Å². The van der Waals surface area contributed by atoms with Crippen LogP contribution in [0.4, 0.5) is 0 Å². The number of benzene rings is 2. The van der Waals surface area contributed by atoms with Crippen molar-refractivity contribution in [1.82, 2.24) is 0 Å². The van der Waals surface area contributed by atoms with Gasteiger partial charge in [-0.3, -0.25) is 0 Å². The molecule has 0 heterocycles. The smallest absolute Gasteiger partial charge is 0.339 e. The summed E-state index contributed by atoms with van der Waals surface area (Å²) in [5, 5.41) is 0. The number of hydrogen-bond donors (Lipinski definition) is 0. The second-order valence-electron chi connectivity index (χ2n) is 4.08. The lowest BCUT2D eigenvalue weighted by Crippen LogP contribution is -2.08. The highest BCUT2D eigenvalue weighted by molar-refractivity contribution is 5.98. The highest BCUT2D eigenvalue weighted by atomic mass is 16.5. The minimum Gasteiger partial charge on any atom is -0.462 e. The first-order valence-corrected chi connectivity index (χ1v) is 6.06. The molecule has 2 rings (SSSR count). The van der Waals surface area contributed by atoms with Crippen LogP contribution in [0.25, 0.3) is 11.1 Å². The number of carbonyl (C=O) groups is 1. The average Bonchev–Trinajstić information content (AvgIpc) is 2.39. The fourth-order valence-electron chi connectivity index (χ4n) is 2.00. The molecule has 0 amide bonds. The van der Waals surface area contributed by atoms with Crippen molar-refractivity contribution in [1.29, 1.82) is 0 Å². The van der Waals surface area contributed by atoms with E-state index >= 15 is 0 Å². The Morgan fingerprint density at radius 1 is 1.06 bits per heavy atom. The van der Waals surface area contributed by atoms with E-state index in [1.54, 1.807) is 0 Å². The van der Waals surface area contributed by atoms with Crippen LogP contribution in [0.15, 0.2) is 48.5 Å². The molecule has 2 nitrogen and oxygen atoms in total. The Bertz CT molecular complexity index is 544. The van der Waals surface area contributed by atoms with Gasteiger partial charge in [-0.05, 0) is 30.5 Å². The molecule has 18 heavy (non-hydrogen) atoms. The fourth-order valence-corrected chi connectivity index (χ4v) is 2.00. The summed E-state index contributed by atoms with van der Waals surface area (Å²) < 4.78 is 5.13. The molecule has 0 aliphatic heterocycles. The van der Waals surface area contributed by atoms with Crippen molar-refractivity contribution < 1.29 is 9.53 Å². The molecule has 0 saturated heterocycles. The maximum atomic E-state index is 12.0. The van der Waals surface area contributed by atoms with Gasteiger partial charge in [0.05, 0.1) is 12.2 Å². The Balaban J connectivity index is 2.55. The van der Waals surface area contributed by atoms with Crippen molar-refractivity contribution in [3.8, 4) is 11.1 Å². The highest BCUT2D eigenvalue weighted by Crippen LogP contribution is 2.26. The van der Waals surface area contributed by atoms with Gasteiger partial charge in [-0.15, -0.1) is 0 Å². The van der Waals surface area contributed by atoms with Crippen LogP contribution in [-0.2, 0) is 4.74 Å². The largest absolute Gasteiger partial charge is 0.462 e. The summed E-state index contributed by atoms with van der Waals surface area (Å²) in [5.41, 5.74) is 3.55. The molecule has 0 aliphatic rings. The molecule has 2 aromatic carbocycles. The molecule has 2 heteroatoms. The van der Waals surface area contributed by atoms with E-state index in [2.05, 4.69) is 0 Å². The predicted molar refractivity (Wildman–Crippen MR) is 72.6 cm³/mol. The van der Waals surface area contributed by atoms with E-state index < -0.39 is 0 Å². The van der Waals surface area contributed by atoms with Crippen LogP contribution in [0.5, 0.6) is 0 Å². The maximum Gasteiger partial charge on any atom is 0.339 e. The quantitative estimate of drug-likeness (QED) is 0.762. The summed E-state index contributed by atoms with van der Waals surface area (Å²) in [6.07, 6.45) is 0. The molecule has 0 unspecified atom stereocenters.